The lowest BCUT2D eigenvalue weighted by molar-refractivity contribution is -0.384. The highest BCUT2D eigenvalue weighted by molar-refractivity contribution is 9.09. The molecule has 0 atom stereocenters. The summed E-state index contributed by atoms with van der Waals surface area (Å²) in [5.41, 5.74) is 0.139. The summed E-state index contributed by atoms with van der Waals surface area (Å²) in [4.78, 5) is 21.2. The minimum absolute atomic E-state index is 0.112. The van der Waals surface area contributed by atoms with E-state index in [4.69, 9.17) is 11.6 Å². The molecule has 0 heterocycles. The molecule has 1 amide bonds. The molecular weight excluding hydrogens is 299 g/mol. The van der Waals surface area contributed by atoms with Gasteiger partial charge in [0.25, 0.3) is 5.69 Å². The Kier molecular flexibility index (Phi) is 4.70. The minimum atomic E-state index is -0.545. The van der Waals surface area contributed by atoms with Crippen molar-refractivity contribution >= 4 is 44.8 Å². The smallest absolute Gasteiger partial charge is 0.271 e. The van der Waals surface area contributed by atoms with Gasteiger partial charge >= 0.3 is 0 Å². The van der Waals surface area contributed by atoms with Gasteiger partial charge in [0.05, 0.1) is 15.6 Å². The molecule has 1 aromatic rings. The maximum atomic E-state index is 11.3. The van der Waals surface area contributed by atoms with Crippen LogP contribution in [0.1, 0.15) is 6.42 Å². The molecule has 0 saturated carbocycles. The number of rotatable bonds is 4. The fraction of sp³-hybridized carbons (Fsp3) is 0.222. The Labute approximate surface area is 105 Å². The van der Waals surface area contributed by atoms with Crippen molar-refractivity contribution in [1.29, 1.82) is 0 Å². The predicted molar refractivity (Wildman–Crippen MR) is 65.1 cm³/mol. The molecule has 1 aromatic carbocycles. The van der Waals surface area contributed by atoms with Crippen molar-refractivity contribution in [3.8, 4) is 0 Å². The number of anilines is 1. The van der Waals surface area contributed by atoms with Crippen molar-refractivity contribution in [2.24, 2.45) is 0 Å². The molecule has 0 radical (unpaired) electrons. The van der Waals surface area contributed by atoms with Crippen LogP contribution in [-0.4, -0.2) is 16.2 Å². The van der Waals surface area contributed by atoms with E-state index in [0.717, 1.165) is 0 Å². The van der Waals surface area contributed by atoms with Crippen molar-refractivity contribution in [3.63, 3.8) is 0 Å². The Morgan fingerprint density at radius 3 is 2.81 bits per heavy atom. The quantitative estimate of drug-likeness (QED) is 0.528. The maximum Gasteiger partial charge on any atom is 0.271 e. The van der Waals surface area contributed by atoms with Gasteiger partial charge in [0.15, 0.2) is 0 Å². The predicted octanol–water partition coefficient (Wildman–Crippen LogP) is 2.97. The van der Waals surface area contributed by atoms with Crippen LogP contribution in [0.5, 0.6) is 0 Å². The number of nitro benzene ring substituents is 1. The molecule has 1 rings (SSSR count). The van der Waals surface area contributed by atoms with Crippen molar-refractivity contribution in [3.05, 3.63) is 33.3 Å². The molecule has 1 N–H and O–H groups in total. The van der Waals surface area contributed by atoms with Gasteiger partial charge in [-0.25, -0.2) is 0 Å². The third kappa shape index (κ3) is 3.46. The van der Waals surface area contributed by atoms with Crippen LogP contribution in [-0.2, 0) is 4.79 Å². The Morgan fingerprint density at radius 1 is 1.56 bits per heavy atom. The van der Waals surface area contributed by atoms with Crippen molar-refractivity contribution in [1.82, 2.24) is 0 Å². The Balaban J connectivity index is 2.90. The molecule has 0 aromatic heterocycles. The molecule has 0 aliphatic rings. The Hall–Kier alpha value is -1.14. The number of nitrogens with one attached hydrogen (secondary N) is 1. The minimum Gasteiger partial charge on any atom is -0.325 e. The fourth-order valence-electron chi connectivity index (χ4n) is 1.02. The Morgan fingerprint density at radius 2 is 2.25 bits per heavy atom. The van der Waals surface area contributed by atoms with E-state index in [-0.39, 0.29) is 28.7 Å². The third-order valence-electron chi connectivity index (χ3n) is 1.76. The lowest BCUT2D eigenvalue weighted by Crippen LogP contribution is -2.12. The second kappa shape index (κ2) is 5.81. The molecular formula is C9H8BrClN2O3. The number of hydrogen-bond donors (Lipinski definition) is 1. The number of amides is 1. The average Bonchev–Trinajstić information content (AvgIpc) is 2.21. The van der Waals surface area contributed by atoms with E-state index in [0.29, 0.717) is 5.33 Å². The summed E-state index contributed by atoms with van der Waals surface area (Å²) in [5.74, 6) is -0.251. The first-order chi connectivity index (χ1) is 7.54. The summed E-state index contributed by atoms with van der Waals surface area (Å²) in [6, 6.07) is 3.89. The average molecular weight is 308 g/mol. The first-order valence-corrected chi connectivity index (χ1v) is 5.84. The summed E-state index contributed by atoms with van der Waals surface area (Å²) in [6.07, 6.45) is 0.277. The van der Waals surface area contributed by atoms with Crippen LogP contribution in [0.2, 0.25) is 5.02 Å². The normalized spacial score (nSPS) is 9.88. The zero-order chi connectivity index (χ0) is 12.1. The monoisotopic (exact) mass is 306 g/mol. The third-order valence-corrected chi connectivity index (χ3v) is 2.48. The first kappa shape index (κ1) is 12.9. The van der Waals surface area contributed by atoms with Crippen LogP contribution in [0.4, 0.5) is 11.4 Å². The number of nitrogens with zero attached hydrogens (tertiary/aromatic N) is 1. The first-order valence-electron chi connectivity index (χ1n) is 4.34. The molecule has 5 nitrogen and oxygen atoms in total. The van der Waals surface area contributed by atoms with Crippen molar-refractivity contribution in [2.45, 2.75) is 6.42 Å². The number of nitro groups is 1. The van der Waals surface area contributed by atoms with E-state index in [9.17, 15) is 14.9 Å². The zero-order valence-electron chi connectivity index (χ0n) is 8.07. The highest BCUT2D eigenvalue weighted by atomic mass is 79.9. The van der Waals surface area contributed by atoms with Gasteiger partial charge in [-0.3, -0.25) is 14.9 Å². The van der Waals surface area contributed by atoms with Gasteiger partial charge in [0, 0.05) is 23.9 Å². The summed E-state index contributed by atoms with van der Waals surface area (Å²) in [6.45, 7) is 0. The number of benzene rings is 1. The number of halogens is 2. The van der Waals surface area contributed by atoms with Gasteiger partial charge in [0.1, 0.15) is 0 Å². The van der Waals surface area contributed by atoms with Crippen molar-refractivity contribution in [2.75, 3.05) is 10.6 Å². The molecule has 16 heavy (non-hydrogen) atoms. The largest absolute Gasteiger partial charge is 0.325 e. The van der Waals surface area contributed by atoms with Gasteiger partial charge in [-0.15, -0.1) is 0 Å². The molecule has 7 heteroatoms. The van der Waals surface area contributed by atoms with Crippen LogP contribution in [0.15, 0.2) is 18.2 Å². The van der Waals surface area contributed by atoms with Crippen LogP contribution in [0.25, 0.3) is 0 Å². The molecule has 86 valence electrons. The van der Waals surface area contributed by atoms with E-state index in [2.05, 4.69) is 21.2 Å². The Bertz CT molecular complexity index is 425. The SMILES string of the molecule is O=C(CCBr)Nc1cc([N+](=O)[O-])ccc1Cl. The van der Waals surface area contributed by atoms with Crippen molar-refractivity contribution < 1.29 is 9.72 Å². The van der Waals surface area contributed by atoms with Crippen LogP contribution in [0.3, 0.4) is 0 Å². The fourth-order valence-corrected chi connectivity index (χ4v) is 1.55. The number of carbonyl (C=O) groups excluding carboxylic acids is 1. The number of carbonyl (C=O) groups is 1. The van der Waals surface area contributed by atoms with E-state index in [1.165, 1.54) is 18.2 Å². The van der Waals surface area contributed by atoms with Gasteiger partial charge in [-0.2, -0.15) is 0 Å². The van der Waals surface area contributed by atoms with Gasteiger partial charge in [-0.1, -0.05) is 27.5 Å². The highest BCUT2D eigenvalue weighted by Gasteiger charge is 2.11. The van der Waals surface area contributed by atoms with Crippen LogP contribution >= 0.6 is 27.5 Å². The number of alkyl halides is 1. The molecule has 0 aliphatic heterocycles. The van der Waals surface area contributed by atoms with Gasteiger partial charge in [0.2, 0.25) is 5.91 Å². The second-order valence-electron chi connectivity index (χ2n) is 2.91. The maximum absolute atomic E-state index is 11.3. The molecule has 0 bridgehead atoms. The molecule has 0 aliphatic carbocycles. The molecule has 0 saturated heterocycles. The standard InChI is InChI=1S/C9H8BrClN2O3/c10-4-3-9(14)12-8-5-6(13(15)16)1-2-7(8)11/h1-2,5H,3-4H2,(H,12,14). The summed E-state index contributed by atoms with van der Waals surface area (Å²) in [5, 5.41) is 13.8. The van der Waals surface area contributed by atoms with Crippen LogP contribution in [0, 0.1) is 10.1 Å². The lowest BCUT2D eigenvalue weighted by Gasteiger charge is -2.05. The highest BCUT2D eigenvalue weighted by Crippen LogP contribution is 2.26. The zero-order valence-corrected chi connectivity index (χ0v) is 10.4. The second-order valence-corrected chi connectivity index (χ2v) is 4.11. The molecule has 0 fully saturated rings. The van der Waals surface area contributed by atoms with Gasteiger partial charge < -0.3 is 5.32 Å². The number of non-ortho nitro benzene ring substituents is 1. The lowest BCUT2D eigenvalue weighted by atomic mass is 10.2. The molecule has 0 unspecified atom stereocenters. The topological polar surface area (TPSA) is 72.2 Å². The summed E-state index contributed by atoms with van der Waals surface area (Å²) in [7, 11) is 0. The summed E-state index contributed by atoms with van der Waals surface area (Å²) < 4.78 is 0. The van der Waals surface area contributed by atoms with E-state index in [1.807, 2.05) is 0 Å². The van der Waals surface area contributed by atoms with Gasteiger partial charge in [-0.05, 0) is 6.07 Å². The van der Waals surface area contributed by atoms with E-state index >= 15 is 0 Å². The summed E-state index contributed by atoms with van der Waals surface area (Å²) >= 11 is 8.91. The van der Waals surface area contributed by atoms with E-state index < -0.39 is 4.92 Å². The van der Waals surface area contributed by atoms with E-state index in [1.54, 1.807) is 0 Å². The van der Waals surface area contributed by atoms with Crippen LogP contribution < -0.4 is 5.32 Å². The molecule has 0 spiro atoms. The number of hydrogen-bond acceptors (Lipinski definition) is 3.